The van der Waals surface area contributed by atoms with Gasteiger partial charge < -0.3 is 10.2 Å². The number of likely N-dealkylation sites (N-methyl/N-ethyl adjacent to an activating group) is 1. The molecule has 1 saturated heterocycles. The summed E-state index contributed by atoms with van der Waals surface area (Å²) in [4.78, 5) is 12.7. The molecule has 8 heteroatoms. The average Bonchev–Trinajstić information content (AvgIpc) is 2.45. The quantitative estimate of drug-likeness (QED) is 0.663. The van der Waals surface area contributed by atoms with Gasteiger partial charge in [-0.1, -0.05) is 0 Å². The van der Waals surface area contributed by atoms with Crippen LogP contribution in [-0.2, 0) is 9.84 Å². The monoisotopic (exact) mass is 313 g/mol. The van der Waals surface area contributed by atoms with E-state index in [1.165, 1.54) is 12.1 Å². The second kappa shape index (κ2) is 5.98. The molecule has 0 spiro atoms. The number of nitrogens with one attached hydrogen (secondary N) is 1. The lowest BCUT2D eigenvalue weighted by molar-refractivity contribution is -0.384. The summed E-state index contributed by atoms with van der Waals surface area (Å²) in [6.45, 7) is 1.41. The SMILES string of the molecule is CNC1CCCN(c2ccc(S(C)(=O)=O)cc2[N+](=O)[O-])C1. The summed E-state index contributed by atoms with van der Waals surface area (Å²) >= 11 is 0. The fourth-order valence-corrected chi connectivity index (χ4v) is 3.22. The Morgan fingerprint density at radius 2 is 2.14 bits per heavy atom. The van der Waals surface area contributed by atoms with Gasteiger partial charge in [0.25, 0.3) is 5.69 Å². The van der Waals surface area contributed by atoms with E-state index in [0.29, 0.717) is 12.2 Å². The largest absolute Gasteiger partial charge is 0.364 e. The molecule has 116 valence electrons. The Labute approximate surface area is 124 Å². The molecule has 1 aromatic carbocycles. The first-order valence-corrected chi connectivity index (χ1v) is 8.63. The number of hydrogen-bond donors (Lipinski definition) is 1. The van der Waals surface area contributed by atoms with Crippen molar-refractivity contribution in [1.82, 2.24) is 5.32 Å². The first-order chi connectivity index (χ1) is 9.82. The molecule has 21 heavy (non-hydrogen) atoms. The Hall–Kier alpha value is -1.67. The molecule has 1 heterocycles. The molecule has 1 unspecified atom stereocenters. The highest BCUT2D eigenvalue weighted by Crippen LogP contribution is 2.32. The maximum atomic E-state index is 11.5. The van der Waals surface area contributed by atoms with Crippen LogP contribution in [0.2, 0.25) is 0 Å². The van der Waals surface area contributed by atoms with Crippen molar-refractivity contribution in [2.45, 2.75) is 23.8 Å². The molecule has 0 amide bonds. The van der Waals surface area contributed by atoms with Gasteiger partial charge >= 0.3 is 0 Å². The molecule has 2 rings (SSSR count). The highest BCUT2D eigenvalue weighted by Gasteiger charge is 2.26. The van der Waals surface area contributed by atoms with E-state index in [-0.39, 0.29) is 16.6 Å². The Bertz CT molecular complexity index is 645. The normalized spacial score (nSPS) is 19.5. The van der Waals surface area contributed by atoms with Crippen molar-refractivity contribution >= 4 is 21.2 Å². The first kappa shape index (κ1) is 15.7. The van der Waals surface area contributed by atoms with Gasteiger partial charge in [-0.15, -0.1) is 0 Å². The maximum Gasteiger partial charge on any atom is 0.293 e. The molecule has 1 aliphatic heterocycles. The summed E-state index contributed by atoms with van der Waals surface area (Å²) in [6.07, 6.45) is 3.02. The van der Waals surface area contributed by atoms with Gasteiger partial charge in [0, 0.05) is 31.5 Å². The summed E-state index contributed by atoms with van der Waals surface area (Å²) in [5.74, 6) is 0. The van der Waals surface area contributed by atoms with Crippen molar-refractivity contribution in [3.63, 3.8) is 0 Å². The lowest BCUT2D eigenvalue weighted by Gasteiger charge is -2.33. The molecule has 0 radical (unpaired) electrons. The number of piperidine rings is 1. The zero-order valence-electron chi connectivity index (χ0n) is 12.1. The number of benzene rings is 1. The van der Waals surface area contributed by atoms with Crippen molar-refractivity contribution in [2.75, 3.05) is 31.3 Å². The molecule has 1 aromatic rings. The maximum absolute atomic E-state index is 11.5. The van der Waals surface area contributed by atoms with Gasteiger partial charge in [-0.05, 0) is 32.0 Å². The molecule has 7 nitrogen and oxygen atoms in total. The van der Waals surface area contributed by atoms with Gasteiger partial charge in [-0.3, -0.25) is 10.1 Å². The molecule has 1 atom stereocenters. The third-order valence-corrected chi connectivity index (χ3v) is 4.85. The fraction of sp³-hybridized carbons (Fsp3) is 0.538. The number of sulfone groups is 1. The molecule has 1 aliphatic rings. The Morgan fingerprint density at radius 3 is 2.71 bits per heavy atom. The van der Waals surface area contributed by atoms with Crippen LogP contribution in [0.5, 0.6) is 0 Å². The minimum Gasteiger partial charge on any atom is -0.364 e. The topological polar surface area (TPSA) is 92.6 Å². The van der Waals surface area contributed by atoms with Crippen LogP contribution in [0.4, 0.5) is 11.4 Å². The van der Waals surface area contributed by atoms with Crippen LogP contribution >= 0.6 is 0 Å². The molecule has 0 saturated carbocycles. The van der Waals surface area contributed by atoms with Crippen LogP contribution in [0.15, 0.2) is 23.1 Å². The zero-order chi connectivity index (χ0) is 15.6. The van der Waals surface area contributed by atoms with Gasteiger partial charge in [-0.2, -0.15) is 0 Å². The minimum absolute atomic E-state index is 0.0277. The average molecular weight is 313 g/mol. The third kappa shape index (κ3) is 3.51. The smallest absolute Gasteiger partial charge is 0.293 e. The predicted octanol–water partition coefficient (Wildman–Crippen LogP) is 1.19. The van der Waals surface area contributed by atoms with Crippen LogP contribution in [-0.4, -0.2) is 45.8 Å². The van der Waals surface area contributed by atoms with Crippen LogP contribution in [0.25, 0.3) is 0 Å². The molecule has 1 fully saturated rings. The second-order valence-electron chi connectivity index (χ2n) is 5.25. The summed E-state index contributed by atoms with van der Waals surface area (Å²) in [5.41, 5.74) is 0.321. The molecular formula is C13H19N3O4S. The van der Waals surface area contributed by atoms with Crippen LogP contribution in [0.1, 0.15) is 12.8 Å². The van der Waals surface area contributed by atoms with E-state index in [1.807, 2.05) is 11.9 Å². The van der Waals surface area contributed by atoms with E-state index >= 15 is 0 Å². The van der Waals surface area contributed by atoms with Gasteiger partial charge in [-0.25, -0.2) is 8.42 Å². The zero-order valence-corrected chi connectivity index (χ0v) is 12.9. The van der Waals surface area contributed by atoms with Crippen molar-refractivity contribution in [1.29, 1.82) is 0 Å². The van der Waals surface area contributed by atoms with Crippen LogP contribution < -0.4 is 10.2 Å². The molecule has 1 N–H and O–H groups in total. The molecular weight excluding hydrogens is 294 g/mol. The van der Waals surface area contributed by atoms with Gasteiger partial charge in [0.05, 0.1) is 9.82 Å². The molecule has 0 aromatic heterocycles. The lowest BCUT2D eigenvalue weighted by Crippen LogP contribution is -2.44. The number of nitrogens with zero attached hydrogens (tertiary/aromatic N) is 2. The Balaban J connectivity index is 2.41. The summed E-state index contributed by atoms with van der Waals surface area (Å²) in [7, 11) is -1.59. The summed E-state index contributed by atoms with van der Waals surface area (Å²) < 4.78 is 23.1. The van der Waals surface area contributed by atoms with E-state index in [9.17, 15) is 18.5 Å². The molecule has 0 aliphatic carbocycles. The third-order valence-electron chi connectivity index (χ3n) is 3.74. The van der Waals surface area contributed by atoms with E-state index in [4.69, 9.17) is 0 Å². The fourth-order valence-electron chi connectivity index (χ4n) is 2.58. The Morgan fingerprint density at radius 1 is 1.43 bits per heavy atom. The van der Waals surface area contributed by atoms with Gasteiger partial charge in [0.15, 0.2) is 9.84 Å². The van der Waals surface area contributed by atoms with E-state index in [1.54, 1.807) is 0 Å². The lowest BCUT2D eigenvalue weighted by atomic mass is 10.0. The summed E-state index contributed by atoms with van der Waals surface area (Å²) in [6, 6.07) is 4.40. The van der Waals surface area contributed by atoms with Gasteiger partial charge in [0.1, 0.15) is 5.69 Å². The van der Waals surface area contributed by atoms with Crippen molar-refractivity contribution < 1.29 is 13.3 Å². The summed E-state index contributed by atoms with van der Waals surface area (Å²) in [5, 5.41) is 14.4. The number of nitro groups is 1. The highest BCUT2D eigenvalue weighted by molar-refractivity contribution is 7.90. The minimum atomic E-state index is -3.46. The number of rotatable bonds is 4. The molecule has 0 bridgehead atoms. The number of hydrogen-bond acceptors (Lipinski definition) is 6. The standard InChI is InChI=1S/C13H19N3O4S/c1-14-10-4-3-7-15(9-10)12-6-5-11(21(2,19)20)8-13(12)16(17)18/h5-6,8,10,14H,3-4,7,9H2,1-2H3. The number of anilines is 1. The van der Waals surface area contributed by atoms with Crippen LogP contribution in [0.3, 0.4) is 0 Å². The second-order valence-corrected chi connectivity index (χ2v) is 7.27. The first-order valence-electron chi connectivity index (χ1n) is 6.73. The predicted molar refractivity (Wildman–Crippen MR) is 80.5 cm³/mol. The van der Waals surface area contributed by atoms with E-state index < -0.39 is 14.8 Å². The van der Waals surface area contributed by atoms with Crippen molar-refractivity contribution in [3.8, 4) is 0 Å². The van der Waals surface area contributed by atoms with Crippen LogP contribution in [0, 0.1) is 10.1 Å². The van der Waals surface area contributed by atoms with E-state index in [2.05, 4.69) is 5.32 Å². The Kier molecular flexibility index (Phi) is 4.48. The highest BCUT2D eigenvalue weighted by atomic mass is 32.2. The van der Waals surface area contributed by atoms with E-state index in [0.717, 1.165) is 31.7 Å². The van der Waals surface area contributed by atoms with Gasteiger partial charge in [0.2, 0.25) is 0 Å². The van der Waals surface area contributed by atoms with Crippen molar-refractivity contribution in [3.05, 3.63) is 28.3 Å². The number of nitro benzene ring substituents is 1. The van der Waals surface area contributed by atoms with Crippen molar-refractivity contribution in [2.24, 2.45) is 0 Å².